The van der Waals surface area contributed by atoms with E-state index in [1.165, 1.54) is 0 Å². The maximum atomic E-state index is 11.5. The van der Waals surface area contributed by atoms with E-state index < -0.39 is 5.60 Å². The Labute approximate surface area is 130 Å². The van der Waals surface area contributed by atoms with E-state index >= 15 is 0 Å². The summed E-state index contributed by atoms with van der Waals surface area (Å²) in [5, 5.41) is 11.5. The highest BCUT2D eigenvalue weighted by molar-refractivity contribution is 5.48. The highest BCUT2D eigenvalue weighted by Gasteiger charge is 2.33. The highest BCUT2D eigenvalue weighted by atomic mass is 16.3. The highest BCUT2D eigenvalue weighted by Crippen LogP contribution is 2.36. The molecular formula is C21H16O. The molecule has 22 heavy (non-hydrogen) atoms. The first-order valence-electron chi connectivity index (χ1n) is 7.16. The molecule has 0 aliphatic carbocycles. The van der Waals surface area contributed by atoms with Crippen molar-refractivity contribution in [3.05, 3.63) is 107 Å². The molecule has 0 heterocycles. The standard InChI is InChI=1S/C21H16O/c1-2-17-13-15-20(16-14-17)21(22,18-9-5-3-6-10-18)19-11-7-4-8-12-19/h1,3-16,22H. The van der Waals surface area contributed by atoms with Gasteiger partial charge in [-0.15, -0.1) is 6.42 Å². The Balaban J connectivity index is 2.21. The number of terminal acetylenes is 1. The molecule has 0 radical (unpaired) electrons. The fraction of sp³-hybridized carbons (Fsp3) is 0.0476. The first kappa shape index (κ1) is 14.1. The number of rotatable bonds is 3. The lowest BCUT2D eigenvalue weighted by Crippen LogP contribution is -2.28. The molecule has 106 valence electrons. The molecule has 0 saturated heterocycles. The van der Waals surface area contributed by atoms with E-state index in [2.05, 4.69) is 5.92 Å². The number of hydrogen-bond donors (Lipinski definition) is 1. The van der Waals surface area contributed by atoms with E-state index in [0.717, 1.165) is 22.3 Å². The molecule has 0 saturated carbocycles. The Kier molecular flexibility index (Phi) is 3.78. The van der Waals surface area contributed by atoms with Gasteiger partial charge in [0.1, 0.15) is 5.60 Å². The van der Waals surface area contributed by atoms with Gasteiger partial charge in [0.25, 0.3) is 0 Å². The predicted molar refractivity (Wildman–Crippen MR) is 89.4 cm³/mol. The second kappa shape index (κ2) is 5.89. The quantitative estimate of drug-likeness (QED) is 0.570. The second-order valence-corrected chi connectivity index (χ2v) is 5.16. The summed E-state index contributed by atoms with van der Waals surface area (Å²) >= 11 is 0. The van der Waals surface area contributed by atoms with Crippen molar-refractivity contribution in [2.24, 2.45) is 0 Å². The second-order valence-electron chi connectivity index (χ2n) is 5.16. The molecule has 3 aromatic carbocycles. The smallest absolute Gasteiger partial charge is 0.140 e. The zero-order valence-corrected chi connectivity index (χ0v) is 12.1. The lowest BCUT2D eigenvalue weighted by atomic mass is 9.80. The third-order valence-electron chi connectivity index (χ3n) is 3.85. The fourth-order valence-corrected chi connectivity index (χ4v) is 2.67. The topological polar surface area (TPSA) is 20.2 Å². The zero-order valence-electron chi connectivity index (χ0n) is 12.1. The van der Waals surface area contributed by atoms with E-state index in [4.69, 9.17) is 6.42 Å². The molecule has 0 aromatic heterocycles. The molecule has 3 rings (SSSR count). The molecule has 0 spiro atoms. The van der Waals surface area contributed by atoms with E-state index in [0.29, 0.717) is 0 Å². The summed E-state index contributed by atoms with van der Waals surface area (Å²) in [7, 11) is 0. The van der Waals surface area contributed by atoms with E-state index in [1.807, 2.05) is 84.9 Å². The Morgan fingerprint density at radius 2 is 1.05 bits per heavy atom. The van der Waals surface area contributed by atoms with Crippen LogP contribution in [0.3, 0.4) is 0 Å². The van der Waals surface area contributed by atoms with Gasteiger partial charge in [0.05, 0.1) is 0 Å². The third-order valence-corrected chi connectivity index (χ3v) is 3.85. The van der Waals surface area contributed by atoms with E-state index in [9.17, 15) is 5.11 Å². The first-order valence-corrected chi connectivity index (χ1v) is 7.16. The SMILES string of the molecule is C#Cc1ccc(C(O)(c2ccccc2)c2ccccc2)cc1. The van der Waals surface area contributed by atoms with E-state index in [-0.39, 0.29) is 0 Å². The molecule has 1 nitrogen and oxygen atoms in total. The van der Waals surface area contributed by atoms with Crippen molar-refractivity contribution in [2.75, 3.05) is 0 Å². The fourth-order valence-electron chi connectivity index (χ4n) is 2.67. The third kappa shape index (κ3) is 2.41. The summed E-state index contributed by atoms with van der Waals surface area (Å²) in [5.41, 5.74) is 2.05. The molecule has 0 aliphatic rings. The Hall–Kier alpha value is -2.82. The van der Waals surface area contributed by atoms with Crippen LogP contribution in [0.5, 0.6) is 0 Å². The predicted octanol–water partition coefficient (Wildman–Crippen LogP) is 3.95. The van der Waals surface area contributed by atoms with Crippen LogP contribution >= 0.6 is 0 Å². The molecule has 0 aliphatic heterocycles. The van der Waals surface area contributed by atoms with Gasteiger partial charge in [-0.1, -0.05) is 78.7 Å². The van der Waals surface area contributed by atoms with Gasteiger partial charge in [0.2, 0.25) is 0 Å². The van der Waals surface area contributed by atoms with Crippen LogP contribution in [0.4, 0.5) is 0 Å². The maximum Gasteiger partial charge on any atom is 0.140 e. The molecule has 1 N–H and O–H groups in total. The van der Waals surface area contributed by atoms with Crippen LogP contribution in [0.2, 0.25) is 0 Å². The van der Waals surface area contributed by atoms with Crippen molar-refractivity contribution < 1.29 is 5.11 Å². The van der Waals surface area contributed by atoms with Gasteiger partial charge in [0, 0.05) is 5.56 Å². The van der Waals surface area contributed by atoms with Crippen molar-refractivity contribution >= 4 is 0 Å². The van der Waals surface area contributed by atoms with Gasteiger partial charge in [0.15, 0.2) is 0 Å². The monoisotopic (exact) mass is 284 g/mol. The van der Waals surface area contributed by atoms with Crippen molar-refractivity contribution in [1.29, 1.82) is 0 Å². The molecule has 3 aromatic rings. The average molecular weight is 284 g/mol. The normalized spacial score (nSPS) is 10.9. The van der Waals surface area contributed by atoms with Crippen LogP contribution in [-0.2, 0) is 5.60 Å². The van der Waals surface area contributed by atoms with Crippen LogP contribution in [-0.4, -0.2) is 5.11 Å². The molecule has 0 amide bonds. The van der Waals surface area contributed by atoms with Crippen molar-refractivity contribution in [1.82, 2.24) is 0 Å². The Morgan fingerprint density at radius 3 is 1.45 bits per heavy atom. The van der Waals surface area contributed by atoms with Crippen LogP contribution in [0.25, 0.3) is 0 Å². The van der Waals surface area contributed by atoms with Crippen molar-refractivity contribution in [3.8, 4) is 12.3 Å². The molecule has 0 unspecified atom stereocenters. The van der Waals surface area contributed by atoms with Gasteiger partial charge < -0.3 is 5.11 Å². The van der Waals surface area contributed by atoms with Crippen LogP contribution in [0, 0.1) is 12.3 Å². The number of aliphatic hydroxyl groups is 1. The summed E-state index contributed by atoms with van der Waals surface area (Å²) < 4.78 is 0. The van der Waals surface area contributed by atoms with Gasteiger partial charge in [-0.3, -0.25) is 0 Å². The van der Waals surface area contributed by atoms with Gasteiger partial charge in [-0.2, -0.15) is 0 Å². The van der Waals surface area contributed by atoms with Gasteiger partial charge in [-0.25, -0.2) is 0 Å². The zero-order chi connectivity index (χ0) is 15.4. The molecule has 0 fully saturated rings. The maximum absolute atomic E-state index is 11.5. The minimum atomic E-state index is -1.20. The lowest BCUT2D eigenvalue weighted by molar-refractivity contribution is 0.125. The number of hydrogen-bond acceptors (Lipinski definition) is 1. The van der Waals surface area contributed by atoms with Crippen LogP contribution in [0.15, 0.2) is 84.9 Å². The minimum absolute atomic E-state index is 0.795. The van der Waals surface area contributed by atoms with Gasteiger partial charge >= 0.3 is 0 Å². The summed E-state index contributed by atoms with van der Waals surface area (Å²) in [5.74, 6) is 2.60. The van der Waals surface area contributed by atoms with Crippen molar-refractivity contribution in [3.63, 3.8) is 0 Å². The van der Waals surface area contributed by atoms with Gasteiger partial charge in [-0.05, 0) is 28.8 Å². The summed E-state index contributed by atoms with van der Waals surface area (Å²) in [4.78, 5) is 0. The summed E-state index contributed by atoms with van der Waals surface area (Å²) in [6, 6.07) is 26.8. The Morgan fingerprint density at radius 1 is 0.636 bits per heavy atom. The molecular weight excluding hydrogens is 268 g/mol. The summed E-state index contributed by atoms with van der Waals surface area (Å²) in [6.45, 7) is 0. The average Bonchev–Trinajstić information content (AvgIpc) is 2.62. The molecule has 0 atom stereocenters. The minimum Gasteiger partial charge on any atom is -0.376 e. The van der Waals surface area contributed by atoms with Crippen LogP contribution < -0.4 is 0 Å². The summed E-state index contributed by atoms with van der Waals surface area (Å²) in [6.07, 6.45) is 5.42. The Bertz CT molecular complexity index is 741. The molecule has 0 bridgehead atoms. The number of benzene rings is 3. The first-order chi connectivity index (χ1) is 10.7. The largest absolute Gasteiger partial charge is 0.376 e. The van der Waals surface area contributed by atoms with Crippen molar-refractivity contribution in [2.45, 2.75) is 5.60 Å². The lowest BCUT2D eigenvalue weighted by Gasteiger charge is -2.30. The van der Waals surface area contributed by atoms with E-state index in [1.54, 1.807) is 0 Å². The van der Waals surface area contributed by atoms with Crippen LogP contribution in [0.1, 0.15) is 22.3 Å². The molecule has 1 heteroatoms.